The van der Waals surface area contributed by atoms with Crippen LogP contribution >= 0.6 is 0 Å². The average Bonchev–Trinajstić information content (AvgIpc) is 2.60. The number of aromatic amines is 1. The lowest BCUT2D eigenvalue weighted by Crippen LogP contribution is -1.88. The number of aromatic nitrogens is 1. The van der Waals surface area contributed by atoms with Gasteiger partial charge < -0.3 is 15.5 Å². The third-order valence-electron chi connectivity index (χ3n) is 2.30. The monoisotopic (exact) mass is 202 g/mol. The molecule has 0 saturated heterocycles. The largest absolute Gasteiger partial charge is 0.497 e. The molecule has 0 aliphatic carbocycles. The summed E-state index contributed by atoms with van der Waals surface area (Å²) in [6.07, 6.45) is 3.89. The number of methoxy groups -OCH3 is 1. The van der Waals surface area contributed by atoms with Crippen molar-refractivity contribution in [2.24, 2.45) is 5.73 Å². The molecule has 3 nitrogen and oxygen atoms in total. The fourth-order valence-electron chi connectivity index (χ4n) is 1.62. The first-order valence-electron chi connectivity index (χ1n) is 4.79. The molecule has 0 aliphatic heterocycles. The summed E-state index contributed by atoms with van der Waals surface area (Å²) in [7, 11) is 1.66. The lowest BCUT2D eigenvalue weighted by molar-refractivity contribution is 0.415. The molecule has 78 valence electrons. The van der Waals surface area contributed by atoms with Crippen molar-refractivity contribution in [3.63, 3.8) is 0 Å². The standard InChI is InChI=1S/C12H14N2O/c1-8(13)5-9-7-14-12-6-10(15-2)3-4-11(9)12/h3-7,14H,13H2,1-2H3/b8-5-. The molecule has 3 N–H and O–H groups in total. The van der Waals surface area contributed by atoms with Crippen LogP contribution in [0.2, 0.25) is 0 Å². The third-order valence-corrected chi connectivity index (χ3v) is 2.30. The van der Waals surface area contributed by atoms with E-state index in [0.717, 1.165) is 27.9 Å². The van der Waals surface area contributed by atoms with E-state index in [-0.39, 0.29) is 0 Å². The van der Waals surface area contributed by atoms with Crippen LogP contribution in [0.4, 0.5) is 0 Å². The van der Waals surface area contributed by atoms with Gasteiger partial charge in [0, 0.05) is 34.4 Å². The van der Waals surface area contributed by atoms with Gasteiger partial charge in [-0.05, 0) is 25.1 Å². The van der Waals surface area contributed by atoms with Gasteiger partial charge in [-0.2, -0.15) is 0 Å². The number of fused-ring (bicyclic) bond motifs is 1. The van der Waals surface area contributed by atoms with Crippen LogP contribution in [0, 0.1) is 0 Å². The Morgan fingerprint density at radius 1 is 1.47 bits per heavy atom. The van der Waals surface area contributed by atoms with Crippen molar-refractivity contribution in [2.75, 3.05) is 7.11 Å². The molecule has 2 rings (SSSR count). The molecule has 0 atom stereocenters. The maximum Gasteiger partial charge on any atom is 0.120 e. The number of allylic oxidation sites excluding steroid dienone is 1. The molecular weight excluding hydrogens is 188 g/mol. The Kier molecular flexibility index (Phi) is 2.37. The van der Waals surface area contributed by atoms with Crippen molar-refractivity contribution in [3.8, 4) is 5.75 Å². The smallest absolute Gasteiger partial charge is 0.120 e. The molecule has 0 amide bonds. The van der Waals surface area contributed by atoms with E-state index in [0.29, 0.717) is 0 Å². The van der Waals surface area contributed by atoms with Crippen molar-refractivity contribution in [2.45, 2.75) is 6.92 Å². The first-order valence-corrected chi connectivity index (χ1v) is 4.79. The Morgan fingerprint density at radius 2 is 2.27 bits per heavy atom. The van der Waals surface area contributed by atoms with Gasteiger partial charge in [-0.25, -0.2) is 0 Å². The second-order valence-electron chi connectivity index (χ2n) is 3.54. The predicted molar refractivity (Wildman–Crippen MR) is 62.7 cm³/mol. The van der Waals surface area contributed by atoms with Gasteiger partial charge in [0.25, 0.3) is 0 Å². The molecule has 15 heavy (non-hydrogen) atoms. The topological polar surface area (TPSA) is 51.0 Å². The SMILES string of the molecule is COc1ccc2c(/C=C(/C)N)c[nH]c2c1. The van der Waals surface area contributed by atoms with E-state index < -0.39 is 0 Å². The minimum atomic E-state index is 0.798. The summed E-state index contributed by atoms with van der Waals surface area (Å²) < 4.78 is 5.15. The summed E-state index contributed by atoms with van der Waals surface area (Å²) in [6, 6.07) is 5.94. The Labute approximate surface area is 88.5 Å². The summed E-state index contributed by atoms with van der Waals surface area (Å²) in [4.78, 5) is 3.19. The van der Waals surface area contributed by atoms with E-state index in [1.165, 1.54) is 0 Å². The normalized spacial score (nSPS) is 12.0. The van der Waals surface area contributed by atoms with E-state index in [4.69, 9.17) is 10.5 Å². The fourth-order valence-corrected chi connectivity index (χ4v) is 1.62. The number of hydrogen-bond donors (Lipinski definition) is 2. The van der Waals surface area contributed by atoms with Crippen molar-refractivity contribution in [3.05, 3.63) is 35.7 Å². The molecule has 0 unspecified atom stereocenters. The number of benzene rings is 1. The zero-order valence-corrected chi connectivity index (χ0v) is 8.87. The molecule has 0 bridgehead atoms. The molecule has 1 aromatic heterocycles. The van der Waals surface area contributed by atoms with Crippen molar-refractivity contribution in [1.82, 2.24) is 4.98 Å². The predicted octanol–water partition coefficient (Wildman–Crippen LogP) is 2.50. The van der Waals surface area contributed by atoms with Crippen LogP contribution in [0.5, 0.6) is 5.75 Å². The zero-order chi connectivity index (χ0) is 10.8. The average molecular weight is 202 g/mol. The summed E-state index contributed by atoms with van der Waals surface area (Å²) >= 11 is 0. The molecule has 1 heterocycles. The minimum Gasteiger partial charge on any atom is -0.497 e. The van der Waals surface area contributed by atoms with Gasteiger partial charge in [-0.15, -0.1) is 0 Å². The van der Waals surface area contributed by atoms with Crippen LogP contribution < -0.4 is 10.5 Å². The molecular formula is C12H14N2O. The van der Waals surface area contributed by atoms with Crippen LogP contribution in [-0.4, -0.2) is 12.1 Å². The van der Waals surface area contributed by atoms with Crippen molar-refractivity contribution >= 4 is 17.0 Å². The number of nitrogens with one attached hydrogen (secondary N) is 1. The first-order chi connectivity index (χ1) is 7.20. The first kappa shape index (κ1) is 9.65. The Hall–Kier alpha value is -1.90. The van der Waals surface area contributed by atoms with Crippen LogP contribution in [-0.2, 0) is 0 Å². The fraction of sp³-hybridized carbons (Fsp3) is 0.167. The Morgan fingerprint density at radius 3 is 2.93 bits per heavy atom. The van der Waals surface area contributed by atoms with Gasteiger partial charge in [-0.1, -0.05) is 0 Å². The Bertz CT molecular complexity index is 507. The van der Waals surface area contributed by atoms with Crippen LogP contribution in [0.15, 0.2) is 30.1 Å². The van der Waals surface area contributed by atoms with Gasteiger partial charge in [0.2, 0.25) is 0 Å². The third kappa shape index (κ3) is 1.81. The molecule has 0 aliphatic rings. The maximum absolute atomic E-state index is 5.65. The number of rotatable bonds is 2. The lowest BCUT2D eigenvalue weighted by atomic mass is 10.1. The van der Waals surface area contributed by atoms with Crippen molar-refractivity contribution < 1.29 is 4.74 Å². The van der Waals surface area contributed by atoms with Gasteiger partial charge >= 0.3 is 0 Å². The highest BCUT2D eigenvalue weighted by Gasteiger charge is 2.02. The molecule has 0 saturated carbocycles. The highest BCUT2D eigenvalue weighted by Crippen LogP contribution is 2.24. The molecule has 3 heteroatoms. The van der Waals surface area contributed by atoms with E-state index in [9.17, 15) is 0 Å². The highest BCUT2D eigenvalue weighted by molar-refractivity contribution is 5.90. The van der Waals surface area contributed by atoms with Crippen LogP contribution in [0.25, 0.3) is 17.0 Å². The van der Waals surface area contributed by atoms with E-state index in [1.807, 2.05) is 37.4 Å². The summed E-state index contributed by atoms with van der Waals surface area (Å²) in [6.45, 7) is 1.88. The van der Waals surface area contributed by atoms with E-state index in [1.54, 1.807) is 7.11 Å². The van der Waals surface area contributed by atoms with Crippen LogP contribution in [0.1, 0.15) is 12.5 Å². The maximum atomic E-state index is 5.65. The minimum absolute atomic E-state index is 0.798. The lowest BCUT2D eigenvalue weighted by Gasteiger charge is -1.99. The second-order valence-corrected chi connectivity index (χ2v) is 3.54. The molecule has 2 aromatic rings. The van der Waals surface area contributed by atoms with Gasteiger partial charge in [0.05, 0.1) is 7.11 Å². The summed E-state index contributed by atoms with van der Waals surface area (Å²) in [5.41, 5.74) is 8.61. The molecule has 1 aromatic carbocycles. The molecule has 0 spiro atoms. The number of hydrogen-bond acceptors (Lipinski definition) is 2. The summed E-state index contributed by atoms with van der Waals surface area (Å²) in [5.74, 6) is 0.851. The molecule has 0 fully saturated rings. The van der Waals surface area contributed by atoms with Gasteiger partial charge in [0.15, 0.2) is 0 Å². The quantitative estimate of drug-likeness (QED) is 0.786. The number of ether oxygens (including phenoxy) is 1. The highest BCUT2D eigenvalue weighted by atomic mass is 16.5. The summed E-state index contributed by atoms with van der Waals surface area (Å²) in [5, 5.41) is 1.15. The zero-order valence-electron chi connectivity index (χ0n) is 8.87. The number of H-pyrrole nitrogens is 1. The Balaban J connectivity index is 2.57. The van der Waals surface area contributed by atoms with Crippen LogP contribution in [0.3, 0.4) is 0 Å². The van der Waals surface area contributed by atoms with E-state index >= 15 is 0 Å². The second kappa shape index (κ2) is 3.69. The van der Waals surface area contributed by atoms with Gasteiger partial charge in [0.1, 0.15) is 5.75 Å². The number of nitrogens with two attached hydrogens (primary N) is 1. The molecule has 0 radical (unpaired) electrons. The van der Waals surface area contributed by atoms with Crippen molar-refractivity contribution in [1.29, 1.82) is 0 Å². The van der Waals surface area contributed by atoms with E-state index in [2.05, 4.69) is 4.98 Å². The van der Waals surface area contributed by atoms with Gasteiger partial charge in [-0.3, -0.25) is 0 Å².